The summed E-state index contributed by atoms with van der Waals surface area (Å²) in [6.45, 7) is 7.90. The fourth-order valence-corrected chi connectivity index (χ4v) is 2.97. The van der Waals surface area contributed by atoms with Crippen molar-refractivity contribution in [1.29, 1.82) is 5.26 Å². The largest absolute Gasteiger partial charge is 0.326 e. The number of fused-ring (bicyclic) bond motifs is 1. The van der Waals surface area contributed by atoms with E-state index in [-0.39, 0.29) is 5.92 Å². The topological polar surface area (TPSA) is 48.1 Å². The lowest BCUT2D eigenvalue weighted by Crippen LogP contribution is -2.44. The normalized spacial score (nSPS) is 18.4. The van der Waals surface area contributed by atoms with Gasteiger partial charge in [0.25, 0.3) is 0 Å². The summed E-state index contributed by atoms with van der Waals surface area (Å²) in [7, 11) is 2.17. The van der Waals surface area contributed by atoms with Gasteiger partial charge < -0.3 is 9.47 Å². The molecule has 0 N–H and O–H groups in total. The van der Waals surface area contributed by atoms with E-state index in [9.17, 15) is 0 Å². The van der Waals surface area contributed by atoms with Crippen molar-refractivity contribution in [2.75, 3.05) is 33.2 Å². The van der Waals surface area contributed by atoms with Gasteiger partial charge in [0.2, 0.25) is 0 Å². The molecule has 1 aliphatic heterocycles. The summed E-state index contributed by atoms with van der Waals surface area (Å²) in [4.78, 5) is 9.62. The van der Waals surface area contributed by atoms with Crippen molar-refractivity contribution in [1.82, 2.24) is 19.4 Å². The summed E-state index contributed by atoms with van der Waals surface area (Å²) in [5.74, 6) is 1.07. The first-order chi connectivity index (χ1) is 10.7. The molecule has 22 heavy (non-hydrogen) atoms. The Bertz CT molecular complexity index is 676. The third-order valence-corrected chi connectivity index (χ3v) is 4.37. The molecular weight excluding hydrogens is 274 g/mol. The molecule has 5 nitrogen and oxygen atoms in total. The first-order valence-corrected chi connectivity index (χ1v) is 7.92. The van der Waals surface area contributed by atoms with E-state index >= 15 is 0 Å². The Balaban J connectivity index is 1.87. The standard InChI is InChI=1S/C17H23N5/c1-14(11-18)12-22-16-6-4-3-5-15(16)19-17(22)13-21-9-7-20(2)8-10-21/h3-6,14H,7-10,12-13H2,1-2H3. The molecule has 5 heteroatoms. The summed E-state index contributed by atoms with van der Waals surface area (Å²) >= 11 is 0. The molecule has 0 amide bonds. The minimum absolute atomic E-state index is 0.0103. The molecule has 2 heterocycles. The van der Waals surface area contributed by atoms with Gasteiger partial charge in [0.15, 0.2) is 0 Å². The van der Waals surface area contributed by atoms with Crippen LogP contribution in [0, 0.1) is 17.2 Å². The first kappa shape index (κ1) is 15.0. The molecular formula is C17H23N5. The van der Waals surface area contributed by atoms with Gasteiger partial charge in [-0.25, -0.2) is 4.98 Å². The van der Waals surface area contributed by atoms with Gasteiger partial charge in [-0.3, -0.25) is 4.90 Å². The zero-order valence-corrected chi connectivity index (χ0v) is 13.4. The van der Waals surface area contributed by atoms with Crippen LogP contribution >= 0.6 is 0 Å². The number of hydrogen-bond acceptors (Lipinski definition) is 4. The van der Waals surface area contributed by atoms with E-state index in [1.165, 1.54) is 0 Å². The number of rotatable bonds is 4. The van der Waals surface area contributed by atoms with Crippen LogP contribution in [0.4, 0.5) is 0 Å². The maximum Gasteiger partial charge on any atom is 0.124 e. The number of imidazole rings is 1. The van der Waals surface area contributed by atoms with Gasteiger partial charge in [0.05, 0.1) is 29.6 Å². The van der Waals surface area contributed by atoms with Gasteiger partial charge >= 0.3 is 0 Å². The monoisotopic (exact) mass is 297 g/mol. The molecule has 1 atom stereocenters. The minimum atomic E-state index is -0.0103. The van der Waals surface area contributed by atoms with Crippen LogP contribution < -0.4 is 0 Å². The van der Waals surface area contributed by atoms with E-state index in [4.69, 9.17) is 10.2 Å². The highest BCUT2D eigenvalue weighted by Crippen LogP contribution is 2.19. The van der Waals surface area contributed by atoms with Gasteiger partial charge in [-0.05, 0) is 26.1 Å². The van der Waals surface area contributed by atoms with Gasteiger partial charge in [0.1, 0.15) is 5.82 Å². The summed E-state index contributed by atoms with van der Waals surface area (Å²) < 4.78 is 2.22. The highest BCUT2D eigenvalue weighted by molar-refractivity contribution is 5.75. The third kappa shape index (κ3) is 3.13. The average Bonchev–Trinajstić information content (AvgIpc) is 2.87. The summed E-state index contributed by atoms with van der Waals surface area (Å²) in [6.07, 6.45) is 0. The number of nitrogens with zero attached hydrogens (tertiary/aromatic N) is 5. The second kappa shape index (κ2) is 6.47. The zero-order chi connectivity index (χ0) is 15.5. The number of benzene rings is 1. The van der Waals surface area contributed by atoms with Crippen LogP contribution in [-0.4, -0.2) is 52.6 Å². The highest BCUT2D eigenvalue weighted by atomic mass is 15.3. The molecule has 0 radical (unpaired) electrons. The number of piperazine rings is 1. The van der Waals surface area contributed by atoms with Crippen molar-refractivity contribution in [3.8, 4) is 6.07 Å². The minimum Gasteiger partial charge on any atom is -0.326 e. The maximum atomic E-state index is 9.15. The van der Waals surface area contributed by atoms with Gasteiger partial charge in [-0.15, -0.1) is 0 Å². The Hall–Kier alpha value is -1.90. The highest BCUT2D eigenvalue weighted by Gasteiger charge is 2.18. The molecule has 1 aromatic heterocycles. The zero-order valence-electron chi connectivity index (χ0n) is 13.4. The molecule has 116 valence electrons. The molecule has 3 rings (SSSR count). The molecule has 1 aromatic carbocycles. The van der Waals surface area contributed by atoms with Crippen LogP contribution in [0.25, 0.3) is 11.0 Å². The summed E-state index contributed by atoms with van der Waals surface area (Å²) in [5.41, 5.74) is 2.16. The third-order valence-electron chi connectivity index (χ3n) is 4.37. The predicted molar refractivity (Wildman–Crippen MR) is 87.3 cm³/mol. The van der Waals surface area contributed by atoms with Crippen molar-refractivity contribution in [2.45, 2.75) is 20.0 Å². The molecule has 1 saturated heterocycles. The molecule has 0 aliphatic carbocycles. The first-order valence-electron chi connectivity index (χ1n) is 7.92. The maximum absolute atomic E-state index is 9.15. The van der Waals surface area contributed by atoms with Crippen molar-refractivity contribution in [3.05, 3.63) is 30.1 Å². The molecule has 1 fully saturated rings. The summed E-state index contributed by atoms with van der Waals surface area (Å²) in [6, 6.07) is 10.5. The number of hydrogen-bond donors (Lipinski definition) is 0. The van der Waals surface area contributed by atoms with Crippen molar-refractivity contribution in [3.63, 3.8) is 0 Å². The van der Waals surface area contributed by atoms with E-state index in [2.05, 4.69) is 39.6 Å². The predicted octanol–water partition coefficient (Wildman–Crippen LogP) is 1.94. The van der Waals surface area contributed by atoms with Crippen LogP contribution in [-0.2, 0) is 13.1 Å². The molecule has 0 bridgehead atoms. The van der Waals surface area contributed by atoms with E-state index in [1.54, 1.807) is 0 Å². The Labute approximate surface area is 131 Å². The van der Waals surface area contributed by atoms with E-state index < -0.39 is 0 Å². The number of nitriles is 1. The Kier molecular flexibility index (Phi) is 4.41. The second-order valence-electron chi connectivity index (χ2n) is 6.24. The second-order valence-corrected chi connectivity index (χ2v) is 6.24. The van der Waals surface area contributed by atoms with Gasteiger partial charge in [-0.2, -0.15) is 5.26 Å². The Morgan fingerprint density at radius 1 is 1.23 bits per heavy atom. The lowest BCUT2D eigenvalue weighted by molar-refractivity contribution is 0.144. The molecule has 0 spiro atoms. The van der Waals surface area contributed by atoms with E-state index in [0.29, 0.717) is 6.54 Å². The lowest BCUT2D eigenvalue weighted by Gasteiger charge is -2.32. The smallest absolute Gasteiger partial charge is 0.124 e. The van der Waals surface area contributed by atoms with Gasteiger partial charge in [-0.1, -0.05) is 12.1 Å². The molecule has 1 unspecified atom stereocenters. The SMILES string of the molecule is CC(C#N)Cn1c(CN2CCN(C)CC2)nc2ccccc21. The lowest BCUT2D eigenvalue weighted by atomic mass is 10.2. The molecule has 2 aromatic rings. The molecule has 0 saturated carbocycles. The Morgan fingerprint density at radius 3 is 2.68 bits per heavy atom. The number of para-hydroxylation sites is 2. The molecule has 1 aliphatic rings. The van der Waals surface area contributed by atoms with Crippen LogP contribution in [0.3, 0.4) is 0 Å². The van der Waals surface area contributed by atoms with E-state index in [0.717, 1.165) is 49.6 Å². The number of aromatic nitrogens is 2. The van der Waals surface area contributed by atoms with Crippen molar-refractivity contribution < 1.29 is 0 Å². The Morgan fingerprint density at radius 2 is 1.95 bits per heavy atom. The van der Waals surface area contributed by atoms with E-state index in [1.807, 2.05) is 19.1 Å². The van der Waals surface area contributed by atoms with Crippen molar-refractivity contribution in [2.24, 2.45) is 5.92 Å². The van der Waals surface area contributed by atoms with Gasteiger partial charge in [0, 0.05) is 32.7 Å². The summed E-state index contributed by atoms with van der Waals surface area (Å²) in [5, 5.41) is 9.15. The van der Waals surface area contributed by atoms with Crippen LogP contribution in [0.15, 0.2) is 24.3 Å². The van der Waals surface area contributed by atoms with Crippen molar-refractivity contribution >= 4 is 11.0 Å². The quantitative estimate of drug-likeness (QED) is 0.865. The average molecular weight is 297 g/mol. The fraction of sp³-hybridized carbons (Fsp3) is 0.529. The number of likely N-dealkylation sites (N-methyl/N-ethyl adjacent to an activating group) is 1. The fourth-order valence-electron chi connectivity index (χ4n) is 2.97. The van der Waals surface area contributed by atoms with Crippen LogP contribution in [0.5, 0.6) is 0 Å². The van der Waals surface area contributed by atoms with Crippen LogP contribution in [0.2, 0.25) is 0 Å². The van der Waals surface area contributed by atoms with Crippen LogP contribution in [0.1, 0.15) is 12.7 Å².